The fourth-order valence-electron chi connectivity index (χ4n) is 2.96. The quantitative estimate of drug-likeness (QED) is 0.591. The van der Waals surface area contributed by atoms with Crippen molar-refractivity contribution in [1.82, 2.24) is 15.1 Å². The molecule has 1 aromatic carbocycles. The van der Waals surface area contributed by atoms with Gasteiger partial charge in [-0.3, -0.25) is 19.3 Å². The summed E-state index contributed by atoms with van der Waals surface area (Å²) in [5.74, 6) is -1.24. The Kier molecular flexibility index (Phi) is 4.54. The van der Waals surface area contributed by atoms with Gasteiger partial charge in [-0.05, 0) is 6.07 Å². The molecule has 138 valence electrons. The number of fused-ring (bicyclic) bond motifs is 2. The number of urea groups is 1. The molecule has 26 heavy (non-hydrogen) atoms. The molecule has 0 radical (unpaired) electrons. The molecule has 1 fully saturated rings. The van der Waals surface area contributed by atoms with Gasteiger partial charge in [0.05, 0.1) is 6.61 Å². The topological polar surface area (TPSA) is 105 Å². The molecule has 1 aromatic rings. The number of benzene rings is 1. The molecule has 0 saturated carbocycles. The number of ether oxygens (including phenoxy) is 2. The molecule has 2 aliphatic rings. The fraction of sp³-hybridized carbons (Fsp3) is 0.412. The van der Waals surface area contributed by atoms with Crippen molar-refractivity contribution >= 4 is 23.8 Å². The number of likely N-dealkylation sites (N-methyl/N-ethyl adjacent to an activating group) is 1. The van der Waals surface area contributed by atoms with Gasteiger partial charge >= 0.3 is 12.0 Å². The molecule has 2 heterocycles. The van der Waals surface area contributed by atoms with Crippen LogP contribution in [0.5, 0.6) is 5.75 Å². The minimum atomic E-state index is -1.24. The summed E-state index contributed by atoms with van der Waals surface area (Å²) in [4.78, 5) is 50.8. The first-order valence-corrected chi connectivity index (χ1v) is 8.07. The minimum absolute atomic E-state index is 0.263. The van der Waals surface area contributed by atoms with Gasteiger partial charge in [0.15, 0.2) is 12.1 Å². The van der Waals surface area contributed by atoms with Crippen molar-refractivity contribution in [2.75, 3.05) is 33.9 Å². The second-order valence-corrected chi connectivity index (χ2v) is 6.27. The number of carbonyl (C=O) groups excluding carboxylic acids is 4. The second kappa shape index (κ2) is 6.66. The van der Waals surface area contributed by atoms with Crippen molar-refractivity contribution in [2.45, 2.75) is 12.0 Å². The summed E-state index contributed by atoms with van der Waals surface area (Å²) >= 11 is 0. The summed E-state index contributed by atoms with van der Waals surface area (Å²) in [5, 5.41) is 2.69. The zero-order valence-corrected chi connectivity index (χ0v) is 14.5. The van der Waals surface area contributed by atoms with E-state index in [4.69, 9.17) is 9.47 Å². The predicted molar refractivity (Wildman–Crippen MR) is 88.1 cm³/mol. The van der Waals surface area contributed by atoms with Crippen LogP contribution in [0.4, 0.5) is 4.79 Å². The molecule has 9 heteroatoms. The van der Waals surface area contributed by atoms with Crippen molar-refractivity contribution in [3.05, 3.63) is 29.8 Å². The monoisotopic (exact) mass is 361 g/mol. The highest BCUT2D eigenvalue weighted by molar-refractivity contribution is 6.09. The van der Waals surface area contributed by atoms with Gasteiger partial charge in [0.25, 0.3) is 11.8 Å². The Labute approximate surface area is 149 Å². The lowest BCUT2D eigenvalue weighted by Gasteiger charge is -2.33. The van der Waals surface area contributed by atoms with Gasteiger partial charge in [-0.25, -0.2) is 4.79 Å². The molecule has 0 unspecified atom stereocenters. The number of rotatable bonds is 4. The van der Waals surface area contributed by atoms with Crippen LogP contribution in [0.25, 0.3) is 0 Å². The van der Waals surface area contributed by atoms with Crippen LogP contribution in [0.1, 0.15) is 12.0 Å². The predicted octanol–water partition coefficient (Wildman–Crippen LogP) is -0.152. The van der Waals surface area contributed by atoms with E-state index < -0.39 is 42.5 Å². The van der Waals surface area contributed by atoms with E-state index in [1.807, 2.05) is 0 Å². The highest BCUT2D eigenvalue weighted by Crippen LogP contribution is 2.40. The third-order valence-electron chi connectivity index (χ3n) is 4.40. The van der Waals surface area contributed by atoms with Gasteiger partial charge in [0.1, 0.15) is 12.3 Å². The molecular formula is C17H19N3O6. The van der Waals surface area contributed by atoms with E-state index in [-0.39, 0.29) is 13.0 Å². The Morgan fingerprint density at radius 1 is 1.31 bits per heavy atom. The first-order valence-electron chi connectivity index (χ1n) is 8.07. The number of hydrogen-bond donors (Lipinski definition) is 1. The van der Waals surface area contributed by atoms with Crippen LogP contribution in [-0.4, -0.2) is 67.5 Å². The molecule has 1 N–H and O–H groups in total. The molecular weight excluding hydrogens is 342 g/mol. The molecule has 3 rings (SSSR count). The van der Waals surface area contributed by atoms with Gasteiger partial charge < -0.3 is 19.7 Å². The zero-order valence-electron chi connectivity index (χ0n) is 14.5. The minimum Gasteiger partial charge on any atom is -0.493 e. The number of nitrogens with zero attached hydrogens (tertiary/aromatic N) is 2. The van der Waals surface area contributed by atoms with Crippen LogP contribution in [0, 0.1) is 0 Å². The maximum absolute atomic E-state index is 12.9. The van der Waals surface area contributed by atoms with Crippen LogP contribution in [0.3, 0.4) is 0 Å². The van der Waals surface area contributed by atoms with E-state index in [9.17, 15) is 19.2 Å². The highest BCUT2D eigenvalue weighted by Gasteiger charge is 2.55. The average Bonchev–Trinajstić information content (AvgIpc) is 2.85. The van der Waals surface area contributed by atoms with Crippen LogP contribution >= 0.6 is 0 Å². The summed E-state index contributed by atoms with van der Waals surface area (Å²) in [7, 11) is 3.06. The zero-order chi connectivity index (χ0) is 18.9. The van der Waals surface area contributed by atoms with Gasteiger partial charge in [0, 0.05) is 26.1 Å². The Balaban J connectivity index is 1.74. The first kappa shape index (κ1) is 17.7. The molecule has 0 aliphatic carbocycles. The van der Waals surface area contributed by atoms with Gasteiger partial charge in [-0.1, -0.05) is 18.2 Å². The Morgan fingerprint density at radius 3 is 2.77 bits per heavy atom. The standard InChI is InChI=1S/C17H19N3O6/c1-19(2)13(21)10-26-14(22)9-20-15(23)17(18-16(20)24)7-8-25-12-6-4-3-5-11(12)17/h3-6H,7-10H2,1-2H3,(H,18,24)/t17-/m0/s1. The van der Waals surface area contributed by atoms with E-state index in [0.29, 0.717) is 11.3 Å². The smallest absolute Gasteiger partial charge is 0.326 e. The Bertz CT molecular complexity index is 778. The largest absolute Gasteiger partial charge is 0.493 e. The van der Waals surface area contributed by atoms with E-state index in [1.165, 1.54) is 19.0 Å². The third-order valence-corrected chi connectivity index (χ3v) is 4.40. The number of carbonyl (C=O) groups is 4. The molecule has 9 nitrogen and oxygen atoms in total. The van der Waals surface area contributed by atoms with Crippen LogP contribution in [0.2, 0.25) is 0 Å². The molecule has 1 saturated heterocycles. The van der Waals surface area contributed by atoms with Crippen molar-refractivity contribution in [1.29, 1.82) is 0 Å². The Morgan fingerprint density at radius 2 is 2.04 bits per heavy atom. The average molecular weight is 361 g/mol. The number of nitrogens with one attached hydrogen (secondary N) is 1. The van der Waals surface area contributed by atoms with E-state index in [1.54, 1.807) is 24.3 Å². The third kappa shape index (κ3) is 2.96. The molecule has 2 aliphatic heterocycles. The van der Waals surface area contributed by atoms with Crippen molar-refractivity contribution < 1.29 is 28.7 Å². The number of imide groups is 1. The normalized spacial score (nSPS) is 21.1. The van der Waals surface area contributed by atoms with Gasteiger partial charge in [-0.2, -0.15) is 0 Å². The lowest BCUT2D eigenvalue weighted by atomic mass is 9.84. The summed E-state index contributed by atoms with van der Waals surface area (Å²) in [6, 6.07) is 6.28. The summed E-state index contributed by atoms with van der Waals surface area (Å²) in [5.41, 5.74) is -0.686. The molecule has 1 atom stereocenters. The summed E-state index contributed by atoms with van der Waals surface area (Å²) < 4.78 is 10.4. The maximum atomic E-state index is 12.9. The number of esters is 1. The van der Waals surface area contributed by atoms with E-state index in [2.05, 4.69) is 5.32 Å². The maximum Gasteiger partial charge on any atom is 0.326 e. The first-order chi connectivity index (χ1) is 12.3. The van der Waals surface area contributed by atoms with E-state index >= 15 is 0 Å². The van der Waals surface area contributed by atoms with Crippen molar-refractivity contribution in [3.63, 3.8) is 0 Å². The number of amides is 4. The lowest BCUT2D eigenvalue weighted by Crippen LogP contribution is -2.47. The molecule has 4 amide bonds. The summed E-state index contributed by atoms with van der Waals surface area (Å²) in [6.07, 6.45) is 0.263. The van der Waals surface area contributed by atoms with E-state index in [0.717, 1.165) is 4.90 Å². The lowest BCUT2D eigenvalue weighted by molar-refractivity contribution is -0.153. The van der Waals surface area contributed by atoms with Crippen LogP contribution < -0.4 is 10.1 Å². The Hall–Kier alpha value is -3.10. The molecule has 0 bridgehead atoms. The van der Waals surface area contributed by atoms with Crippen molar-refractivity contribution in [3.8, 4) is 5.75 Å². The van der Waals surface area contributed by atoms with Gasteiger partial charge in [-0.15, -0.1) is 0 Å². The molecule has 0 aromatic heterocycles. The van der Waals surface area contributed by atoms with Gasteiger partial charge in [0.2, 0.25) is 0 Å². The number of hydrogen-bond acceptors (Lipinski definition) is 6. The molecule has 1 spiro atoms. The fourth-order valence-corrected chi connectivity index (χ4v) is 2.96. The second-order valence-electron chi connectivity index (χ2n) is 6.27. The van der Waals surface area contributed by atoms with Crippen LogP contribution in [0.15, 0.2) is 24.3 Å². The highest BCUT2D eigenvalue weighted by atomic mass is 16.5. The number of para-hydroxylation sites is 1. The SMILES string of the molecule is CN(C)C(=O)COC(=O)CN1C(=O)N[C@]2(CCOc3ccccc32)C1=O. The summed E-state index contributed by atoms with van der Waals surface area (Å²) in [6.45, 7) is -0.744. The van der Waals surface area contributed by atoms with Crippen LogP contribution in [-0.2, 0) is 24.7 Å². The van der Waals surface area contributed by atoms with Crippen molar-refractivity contribution in [2.24, 2.45) is 0 Å².